The standard InChI is InChI=1S/C23H29N7O2/c1-23(2,31)13-29-12-16(11-25-29)14-6-4-7-15(10-14)20-27-21-17-8-5-9-18(32-3)19(17)26-22(24)30(21)28-20/h5,8-9,11-12,14-15,31H,4,6-7,10,13H2,1-3H3,(H2,24,26). The van der Waals surface area contributed by atoms with Gasteiger partial charge in [0.2, 0.25) is 5.95 Å². The van der Waals surface area contributed by atoms with E-state index in [0.29, 0.717) is 35.3 Å². The SMILES string of the molecule is COc1cccc2c1nc(N)n1nc(C3CCCC(c4cnn(CC(C)(C)O)c4)C3)nc21. The maximum Gasteiger partial charge on any atom is 0.223 e. The molecular weight excluding hydrogens is 406 g/mol. The summed E-state index contributed by atoms with van der Waals surface area (Å²) < 4.78 is 8.92. The number of anilines is 1. The fraction of sp³-hybridized carbons (Fsp3) is 0.478. The van der Waals surface area contributed by atoms with Crippen molar-refractivity contribution < 1.29 is 9.84 Å². The number of aromatic nitrogens is 6. The van der Waals surface area contributed by atoms with Crippen molar-refractivity contribution in [3.8, 4) is 5.75 Å². The first kappa shape index (κ1) is 20.7. The minimum atomic E-state index is -0.793. The number of fused-ring (bicyclic) bond motifs is 3. The zero-order valence-corrected chi connectivity index (χ0v) is 18.7. The molecule has 1 aliphatic rings. The van der Waals surface area contributed by atoms with Gasteiger partial charge in [0, 0.05) is 17.5 Å². The Bertz CT molecular complexity index is 1270. The van der Waals surface area contributed by atoms with Crippen molar-refractivity contribution in [3.05, 3.63) is 42.0 Å². The minimum Gasteiger partial charge on any atom is -0.494 e. The van der Waals surface area contributed by atoms with Gasteiger partial charge in [-0.1, -0.05) is 12.5 Å². The van der Waals surface area contributed by atoms with Crippen LogP contribution in [0.2, 0.25) is 0 Å². The highest BCUT2D eigenvalue weighted by Gasteiger charge is 2.29. The van der Waals surface area contributed by atoms with Crippen LogP contribution in [0.15, 0.2) is 30.6 Å². The Morgan fingerprint density at radius 3 is 2.81 bits per heavy atom. The van der Waals surface area contributed by atoms with Crippen LogP contribution in [-0.2, 0) is 6.54 Å². The van der Waals surface area contributed by atoms with Crippen molar-refractivity contribution in [1.29, 1.82) is 0 Å². The van der Waals surface area contributed by atoms with E-state index in [-0.39, 0.29) is 5.92 Å². The van der Waals surface area contributed by atoms with Crippen molar-refractivity contribution in [3.63, 3.8) is 0 Å². The van der Waals surface area contributed by atoms with E-state index in [4.69, 9.17) is 20.6 Å². The third-order valence-corrected chi connectivity index (χ3v) is 6.24. The van der Waals surface area contributed by atoms with E-state index in [1.165, 1.54) is 5.56 Å². The lowest BCUT2D eigenvalue weighted by Crippen LogP contribution is -2.26. The zero-order chi connectivity index (χ0) is 22.5. The van der Waals surface area contributed by atoms with E-state index in [1.54, 1.807) is 25.5 Å². The summed E-state index contributed by atoms with van der Waals surface area (Å²) >= 11 is 0. The molecule has 1 aromatic carbocycles. The maximum absolute atomic E-state index is 10.1. The van der Waals surface area contributed by atoms with Crippen LogP contribution >= 0.6 is 0 Å². The number of benzene rings is 1. The van der Waals surface area contributed by atoms with E-state index in [0.717, 1.165) is 36.9 Å². The Kier molecular flexibility index (Phi) is 5.00. The second kappa shape index (κ2) is 7.74. The minimum absolute atomic E-state index is 0.242. The predicted octanol–water partition coefficient (Wildman–Crippen LogP) is 3.28. The van der Waals surface area contributed by atoms with Gasteiger partial charge < -0.3 is 15.6 Å². The van der Waals surface area contributed by atoms with E-state index in [2.05, 4.69) is 16.3 Å². The van der Waals surface area contributed by atoms with Crippen molar-refractivity contribution in [2.24, 2.45) is 0 Å². The van der Waals surface area contributed by atoms with Crippen LogP contribution in [0, 0.1) is 0 Å². The Labute approximate surface area is 186 Å². The molecule has 32 heavy (non-hydrogen) atoms. The number of aliphatic hydroxyl groups is 1. The summed E-state index contributed by atoms with van der Waals surface area (Å²) in [6.45, 7) is 4.06. The Morgan fingerprint density at radius 1 is 1.22 bits per heavy atom. The Balaban J connectivity index is 1.45. The number of methoxy groups -OCH3 is 1. The van der Waals surface area contributed by atoms with Gasteiger partial charge in [0.1, 0.15) is 11.3 Å². The molecule has 1 saturated carbocycles. The highest BCUT2D eigenvalue weighted by molar-refractivity contribution is 5.95. The van der Waals surface area contributed by atoms with Gasteiger partial charge in [-0.15, -0.1) is 5.10 Å². The first-order valence-corrected chi connectivity index (χ1v) is 11.1. The molecule has 0 bridgehead atoms. The van der Waals surface area contributed by atoms with Gasteiger partial charge in [-0.05, 0) is 56.7 Å². The average molecular weight is 436 g/mol. The quantitative estimate of drug-likeness (QED) is 0.494. The number of nitrogens with zero attached hydrogens (tertiary/aromatic N) is 6. The summed E-state index contributed by atoms with van der Waals surface area (Å²) in [6.07, 6.45) is 8.20. The number of nitrogen functional groups attached to an aromatic ring is 1. The summed E-state index contributed by atoms with van der Waals surface area (Å²) in [4.78, 5) is 9.41. The molecule has 1 fully saturated rings. The molecule has 9 heteroatoms. The highest BCUT2D eigenvalue weighted by Crippen LogP contribution is 2.40. The second-order valence-corrected chi connectivity index (χ2v) is 9.38. The van der Waals surface area contributed by atoms with Crippen LogP contribution in [0.5, 0.6) is 5.75 Å². The summed E-state index contributed by atoms with van der Waals surface area (Å²) in [6, 6.07) is 5.76. The van der Waals surface area contributed by atoms with Crippen LogP contribution in [0.3, 0.4) is 0 Å². The largest absolute Gasteiger partial charge is 0.494 e. The first-order chi connectivity index (χ1) is 15.3. The molecule has 1 aliphatic carbocycles. The number of ether oxygens (including phenoxy) is 1. The summed E-state index contributed by atoms with van der Waals surface area (Å²) in [5, 5.41) is 20.2. The topological polar surface area (TPSA) is 116 Å². The maximum atomic E-state index is 10.1. The molecule has 9 nitrogen and oxygen atoms in total. The van der Waals surface area contributed by atoms with Crippen LogP contribution in [-0.4, -0.2) is 47.2 Å². The number of hydrogen-bond acceptors (Lipinski definition) is 7. The summed E-state index contributed by atoms with van der Waals surface area (Å²) in [5.41, 5.74) is 8.04. The summed E-state index contributed by atoms with van der Waals surface area (Å²) in [5.74, 6) is 2.41. The Morgan fingerprint density at radius 2 is 2.03 bits per heavy atom. The molecule has 0 amide bonds. The monoisotopic (exact) mass is 435 g/mol. The van der Waals surface area contributed by atoms with Crippen LogP contribution in [0.1, 0.15) is 62.8 Å². The molecule has 5 rings (SSSR count). The van der Waals surface area contributed by atoms with Crippen molar-refractivity contribution in [2.45, 2.75) is 63.5 Å². The van der Waals surface area contributed by atoms with E-state index in [1.807, 2.05) is 29.1 Å². The molecule has 3 N–H and O–H groups in total. The molecule has 3 aromatic heterocycles. The number of rotatable bonds is 5. The molecule has 0 saturated heterocycles. The van der Waals surface area contributed by atoms with E-state index >= 15 is 0 Å². The van der Waals surface area contributed by atoms with Crippen molar-refractivity contribution in [2.75, 3.05) is 12.8 Å². The number of nitrogens with two attached hydrogens (primary N) is 1. The molecule has 0 aliphatic heterocycles. The average Bonchev–Trinajstić information content (AvgIpc) is 3.40. The predicted molar refractivity (Wildman–Crippen MR) is 122 cm³/mol. The van der Waals surface area contributed by atoms with Crippen molar-refractivity contribution in [1.82, 2.24) is 29.4 Å². The van der Waals surface area contributed by atoms with Gasteiger partial charge in [0.15, 0.2) is 11.5 Å². The third-order valence-electron chi connectivity index (χ3n) is 6.24. The molecule has 2 unspecified atom stereocenters. The van der Waals surface area contributed by atoms with Gasteiger partial charge in [0.05, 0.1) is 25.5 Å². The normalized spacial score (nSPS) is 19.6. The van der Waals surface area contributed by atoms with Gasteiger partial charge in [-0.3, -0.25) is 4.68 Å². The van der Waals surface area contributed by atoms with Gasteiger partial charge >= 0.3 is 0 Å². The summed E-state index contributed by atoms with van der Waals surface area (Å²) in [7, 11) is 1.62. The molecule has 0 spiro atoms. The van der Waals surface area contributed by atoms with Crippen LogP contribution < -0.4 is 10.5 Å². The van der Waals surface area contributed by atoms with Crippen LogP contribution in [0.25, 0.3) is 16.6 Å². The molecule has 2 atom stereocenters. The van der Waals surface area contributed by atoms with Gasteiger partial charge in [-0.25, -0.2) is 9.97 Å². The third kappa shape index (κ3) is 3.77. The van der Waals surface area contributed by atoms with Gasteiger partial charge in [-0.2, -0.15) is 9.61 Å². The smallest absolute Gasteiger partial charge is 0.223 e. The lowest BCUT2D eigenvalue weighted by atomic mass is 9.78. The van der Waals surface area contributed by atoms with E-state index < -0.39 is 5.60 Å². The first-order valence-electron chi connectivity index (χ1n) is 11.1. The van der Waals surface area contributed by atoms with Crippen LogP contribution in [0.4, 0.5) is 5.95 Å². The zero-order valence-electron chi connectivity index (χ0n) is 18.7. The molecule has 4 aromatic rings. The lowest BCUT2D eigenvalue weighted by molar-refractivity contribution is 0.0577. The number of hydrogen-bond donors (Lipinski definition) is 2. The highest BCUT2D eigenvalue weighted by atomic mass is 16.5. The fourth-order valence-corrected chi connectivity index (χ4v) is 4.78. The molecule has 3 heterocycles. The second-order valence-electron chi connectivity index (χ2n) is 9.38. The molecule has 0 radical (unpaired) electrons. The van der Waals surface area contributed by atoms with E-state index in [9.17, 15) is 5.11 Å². The van der Waals surface area contributed by atoms with Crippen molar-refractivity contribution >= 4 is 22.5 Å². The van der Waals surface area contributed by atoms with Gasteiger partial charge in [0.25, 0.3) is 0 Å². The molecular formula is C23H29N7O2. The lowest BCUT2D eigenvalue weighted by Gasteiger charge is -2.26. The molecule has 168 valence electrons. The number of para-hydroxylation sites is 1. The Hall–Kier alpha value is -3.20. The fourth-order valence-electron chi connectivity index (χ4n) is 4.78.